The van der Waals surface area contributed by atoms with Crippen LogP contribution in [0.15, 0.2) is 71.6 Å². The van der Waals surface area contributed by atoms with E-state index in [2.05, 4.69) is 14.8 Å². The first-order valence-corrected chi connectivity index (χ1v) is 10.8. The minimum atomic E-state index is -4.01. The van der Waals surface area contributed by atoms with E-state index in [9.17, 15) is 22.0 Å². The molecule has 11 heteroatoms. The summed E-state index contributed by atoms with van der Waals surface area (Å²) in [5, 5.41) is 2.61. The number of hydrogen-bond acceptors (Lipinski definition) is 4. The number of amides is 1. The average Bonchev–Trinajstić information content (AvgIpc) is 2.71. The van der Waals surface area contributed by atoms with Crippen LogP contribution in [0.5, 0.6) is 5.75 Å². The zero-order valence-electron chi connectivity index (χ0n) is 15.5. The molecule has 0 atom stereocenters. The molecule has 0 spiro atoms. The Morgan fingerprint density at radius 3 is 2.35 bits per heavy atom. The van der Waals surface area contributed by atoms with Crippen LogP contribution in [0.25, 0.3) is 0 Å². The average molecular weight is 487 g/mol. The van der Waals surface area contributed by atoms with Gasteiger partial charge in [-0.1, -0.05) is 41.4 Å². The number of nitrogens with one attached hydrogen (secondary N) is 2. The summed E-state index contributed by atoms with van der Waals surface area (Å²) in [6.45, 7) is -3.04. The molecule has 31 heavy (non-hydrogen) atoms. The van der Waals surface area contributed by atoms with Gasteiger partial charge in [0.1, 0.15) is 5.75 Å². The number of carbonyl (C=O) groups excluding carboxylic acids is 1. The van der Waals surface area contributed by atoms with E-state index in [0.29, 0.717) is 0 Å². The molecule has 3 aromatic carbocycles. The number of anilines is 2. The topological polar surface area (TPSA) is 84.5 Å². The molecule has 0 aromatic heterocycles. The quantitative estimate of drug-likeness (QED) is 0.451. The van der Waals surface area contributed by atoms with Gasteiger partial charge in [0.2, 0.25) is 0 Å². The summed E-state index contributed by atoms with van der Waals surface area (Å²) >= 11 is 11.9. The van der Waals surface area contributed by atoms with Crippen molar-refractivity contribution in [1.29, 1.82) is 0 Å². The predicted molar refractivity (Wildman–Crippen MR) is 115 cm³/mol. The molecule has 0 heterocycles. The van der Waals surface area contributed by atoms with Crippen molar-refractivity contribution in [2.24, 2.45) is 0 Å². The third-order valence-corrected chi connectivity index (χ3v) is 5.92. The molecular formula is C20H14Cl2F2N2O4S. The molecule has 1 amide bonds. The third-order valence-electron chi connectivity index (χ3n) is 3.93. The van der Waals surface area contributed by atoms with Crippen molar-refractivity contribution >= 4 is 50.5 Å². The third kappa shape index (κ3) is 5.84. The summed E-state index contributed by atoms with van der Waals surface area (Å²) in [4.78, 5) is 12.4. The van der Waals surface area contributed by atoms with Crippen LogP contribution in [0.1, 0.15) is 10.4 Å². The summed E-state index contributed by atoms with van der Waals surface area (Å²) in [6, 6.07) is 15.4. The van der Waals surface area contributed by atoms with Gasteiger partial charge < -0.3 is 10.1 Å². The lowest BCUT2D eigenvalue weighted by atomic mass is 10.2. The summed E-state index contributed by atoms with van der Waals surface area (Å²) in [6.07, 6.45) is 0. The molecule has 0 saturated heterocycles. The Morgan fingerprint density at radius 2 is 1.68 bits per heavy atom. The number of rotatable bonds is 7. The Bertz CT molecular complexity index is 1220. The summed E-state index contributed by atoms with van der Waals surface area (Å²) in [5.74, 6) is -0.873. The van der Waals surface area contributed by atoms with E-state index in [-0.39, 0.29) is 37.6 Å². The molecular weight excluding hydrogens is 473 g/mol. The Labute approximate surface area is 186 Å². The lowest BCUT2D eigenvalue weighted by Gasteiger charge is -2.12. The number of para-hydroxylation sites is 1. The summed E-state index contributed by atoms with van der Waals surface area (Å²) < 4.78 is 56.6. The van der Waals surface area contributed by atoms with Crippen LogP contribution in [0.3, 0.4) is 0 Å². The molecule has 0 bridgehead atoms. The fourth-order valence-corrected chi connectivity index (χ4v) is 4.11. The number of hydrogen-bond donors (Lipinski definition) is 2. The van der Waals surface area contributed by atoms with Crippen LogP contribution < -0.4 is 14.8 Å². The van der Waals surface area contributed by atoms with E-state index < -0.39 is 22.5 Å². The monoisotopic (exact) mass is 486 g/mol. The largest absolute Gasteiger partial charge is 0.433 e. The molecule has 0 saturated carbocycles. The lowest BCUT2D eigenvalue weighted by molar-refractivity contribution is -0.0497. The molecule has 0 radical (unpaired) electrons. The minimum absolute atomic E-state index is 0.0473. The summed E-state index contributed by atoms with van der Waals surface area (Å²) in [5.41, 5.74) is 0.449. The van der Waals surface area contributed by atoms with Gasteiger partial charge in [-0.3, -0.25) is 9.52 Å². The van der Waals surface area contributed by atoms with Gasteiger partial charge in [-0.2, -0.15) is 8.78 Å². The first-order valence-electron chi connectivity index (χ1n) is 8.59. The molecule has 2 N–H and O–H groups in total. The Hall–Kier alpha value is -2.88. The van der Waals surface area contributed by atoms with Crippen LogP contribution in [0.2, 0.25) is 10.0 Å². The Kier molecular flexibility index (Phi) is 6.99. The fraction of sp³-hybridized carbons (Fsp3) is 0.0500. The highest BCUT2D eigenvalue weighted by Crippen LogP contribution is 2.29. The maximum atomic E-state index is 12.7. The molecule has 6 nitrogen and oxygen atoms in total. The van der Waals surface area contributed by atoms with Gasteiger partial charge in [0.05, 0.1) is 20.6 Å². The molecule has 0 fully saturated rings. The van der Waals surface area contributed by atoms with Crippen molar-refractivity contribution in [2.45, 2.75) is 11.5 Å². The number of ether oxygens (including phenoxy) is 1. The maximum Gasteiger partial charge on any atom is 0.387 e. The number of sulfonamides is 1. The van der Waals surface area contributed by atoms with E-state index in [1.165, 1.54) is 54.6 Å². The van der Waals surface area contributed by atoms with Crippen molar-refractivity contribution < 1.29 is 26.7 Å². The van der Waals surface area contributed by atoms with Crippen molar-refractivity contribution in [2.75, 3.05) is 10.0 Å². The first-order chi connectivity index (χ1) is 14.7. The van der Waals surface area contributed by atoms with Crippen LogP contribution in [-0.2, 0) is 10.0 Å². The van der Waals surface area contributed by atoms with Crippen LogP contribution in [0, 0.1) is 0 Å². The van der Waals surface area contributed by atoms with Crippen LogP contribution in [-0.4, -0.2) is 20.9 Å². The fourth-order valence-electron chi connectivity index (χ4n) is 2.53. The number of alkyl halides is 2. The second kappa shape index (κ2) is 9.51. The zero-order valence-corrected chi connectivity index (χ0v) is 17.8. The standard InChI is InChI=1S/C20H14Cl2F2N2O4S/c21-15-6-1-2-7-17(15)26-31(28,29)14-5-3-4-12(10-14)19(27)25-13-8-9-18(16(22)11-13)30-20(23)24/h1-11,20,26H,(H,25,27). The zero-order chi connectivity index (χ0) is 22.6. The van der Waals surface area contributed by atoms with Crippen LogP contribution in [0.4, 0.5) is 20.2 Å². The predicted octanol–water partition coefficient (Wildman–Crippen LogP) is 5.65. The van der Waals surface area contributed by atoms with Crippen LogP contribution >= 0.6 is 23.2 Å². The minimum Gasteiger partial charge on any atom is -0.433 e. The van der Waals surface area contributed by atoms with E-state index in [1.807, 2.05) is 0 Å². The van der Waals surface area contributed by atoms with E-state index >= 15 is 0 Å². The lowest BCUT2D eigenvalue weighted by Crippen LogP contribution is -2.16. The van der Waals surface area contributed by atoms with Gasteiger partial charge in [0.25, 0.3) is 15.9 Å². The van der Waals surface area contributed by atoms with E-state index in [4.69, 9.17) is 23.2 Å². The van der Waals surface area contributed by atoms with Gasteiger partial charge in [0, 0.05) is 11.3 Å². The van der Waals surface area contributed by atoms with Crippen molar-refractivity contribution in [3.63, 3.8) is 0 Å². The van der Waals surface area contributed by atoms with Gasteiger partial charge in [0.15, 0.2) is 0 Å². The van der Waals surface area contributed by atoms with Gasteiger partial charge in [-0.15, -0.1) is 0 Å². The molecule has 3 rings (SSSR count). The van der Waals surface area contributed by atoms with Gasteiger partial charge >= 0.3 is 6.61 Å². The number of carbonyl (C=O) groups is 1. The molecule has 3 aromatic rings. The second-order valence-electron chi connectivity index (χ2n) is 6.09. The van der Waals surface area contributed by atoms with E-state index in [1.54, 1.807) is 12.1 Å². The molecule has 0 aliphatic carbocycles. The SMILES string of the molecule is O=C(Nc1ccc(OC(F)F)c(Cl)c1)c1cccc(S(=O)(=O)Nc2ccccc2Cl)c1. The number of halogens is 4. The first kappa shape index (κ1) is 22.8. The molecule has 0 unspecified atom stereocenters. The molecule has 0 aliphatic rings. The van der Waals surface area contributed by atoms with Crippen molar-refractivity contribution in [3.05, 3.63) is 82.3 Å². The van der Waals surface area contributed by atoms with E-state index in [0.717, 1.165) is 0 Å². The van der Waals surface area contributed by atoms with Crippen molar-refractivity contribution in [3.8, 4) is 5.75 Å². The highest BCUT2D eigenvalue weighted by Gasteiger charge is 2.18. The van der Waals surface area contributed by atoms with Gasteiger partial charge in [-0.05, 0) is 48.5 Å². The molecule has 0 aliphatic heterocycles. The van der Waals surface area contributed by atoms with Crippen molar-refractivity contribution in [1.82, 2.24) is 0 Å². The summed E-state index contributed by atoms with van der Waals surface area (Å²) in [7, 11) is -4.01. The Morgan fingerprint density at radius 1 is 0.935 bits per heavy atom. The maximum absolute atomic E-state index is 12.7. The number of benzene rings is 3. The highest BCUT2D eigenvalue weighted by molar-refractivity contribution is 7.92. The van der Waals surface area contributed by atoms with Gasteiger partial charge in [-0.25, -0.2) is 8.42 Å². The normalized spacial score (nSPS) is 11.3. The highest BCUT2D eigenvalue weighted by atomic mass is 35.5. The molecule has 162 valence electrons. The second-order valence-corrected chi connectivity index (χ2v) is 8.59. The Balaban J connectivity index is 1.79. The smallest absolute Gasteiger partial charge is 0.387 e.